The van der Waals surface area contributed by atoms with Crippen molar-refractivity contribution in [2.75, 3.05) is 37.3 Å². The number of aromatic nitrogens is 2. The summed E-state index contributed by atoms with van der Waals surface area (Å²) < 4.78 is 26.7. The van der Waals surface area contributed by atoms with Gasteiger partial charge in [0, 0.05) is 37.6 Å². The van der Waals surface area contributed by atoms with Crippen LogP contribution < -0.4 is 10.5 Å². The van der Waals surface area contributed by atoms with Gasteiger partial charge in [0.15, 0.2) is 0 Å². The molecule has 1 fully saturated rings. The molecule has 7 nitrogen and oxygen atoms in total. The molecule has 2 aromatic rings. The van der Waals surface area contributed by atoms with Crippen LogP contribution in [0, 0.1) is 0 Å². The number of rotatable bonds is 3. The van der Waals surface area contributed by atoms with Gasteiger partial charge in [0.25, 0.3) is 5.56 Å². The Balaban J connectivity index is 1.75. The van der Waals surface area contributed by atoms with Crippen LogP contribution in [0.4, 0.5) is 5.95 Å². The predicted molar refractivity (Wildman–Crippen MR) is 105 cm³/mol. The largest absolute Gasteiger partial charge is 0.339 e. The highest BCUT2D eigenvalue weighted by atomic mass is 32.2. The van der Waals surface area contributed by atoms with Crippen LogP contribution in [0.1, 0.15) is 30.2 Å². The molecule has 1 saturated heterocycles. The Bertz CT molecular complexity index is 1000. The number of sulfonamides is 1. The van der Waals surface area contributed by atoms with E-state index in [1.54, 1.807) is 15.9 Å². The smallest absolute Gasteiger partial charge is 0.263 e. The summed E-state index contributed by atoms with van der Waals surface area (Å²) in [6.45, 7) is 4.49. The third-order valence-corrected chi connectivity index (χ3v) is 7.85. The summed E-state index contributed by atoms with van der Waals surface area (Å²) in [6, 6.07) is 0. The van der Waals surface area contributed by atoms with Gasteiger partial charge < -0.3 is 4.90 Å². The molecule has 2 aliphatic rings. The van der Waals surface area contributed by atoms with Gasteiger partial charge >= 0.3 is 0 Å². The van der Waals surface area contributed by atoms with E-state index in [2.05, 4.69) is 0 Å². The third kappa shape index (κ3) is 2.95. The Morgan fingerprint density at radius 2 is 1.81 bits per heavy atom. The highest BCUT2D eigenvalue weighted by Gasteiger charge is 2.28. The summed E-state index contributed by atoms with van der Waals surface area (Å²) in [7, 11) is -3.17. The Hall–Kier alpha value is -1.45. The fraction of sp³-hybridized carbons (Fsp3) is 0.647. The number of fused-ring (bicyclic) bond motifs is 3. The molecule has 0 atom stereocenters. The van der Waals surface area contributed by atoms with Crippen LogP contribution in [0.3, 0.4) is 0 Å². The maximum atomic E-state index is 13.2. The maximum Gasteiger partial charge on any atom is 0.263 e. The number of anilines is 1. The minimum absolute atomic E-state index is 0.0532. The van der Waals surface area contributed by atoms with E-state index >= 15 is 0 Å². The second-order valence-corrected chi connectivity index (χ2v) is 10.1. The number of nitrogens with zero attached hydrogens (tertiary/aromatic N) is 4. The summed E-state index contributed by atoms with van der Waals surface area (Å²) in [5.41, 5.74) is 1.27. The van der Waals surface area contributed by atoms with Crippen LogP contribution in [0.2, 0.25) is 0 Å². The van der Waals surface area contributed by atoms with Crippen LogP contribution >= 0.6 is 11.3 Å². The summed E-state index contributed by atoms with van der Waals surface area (Å²) in [5.74, 6) is 0.678. The van der Waals surface area contributed by atoms with Gasteiger partial charge in [-0.25, -0.2) is 13.4 Å². The van der Waals surface area contributed by atoms with Crippen molar-refractivity contribution < 1.29 is 8.42 Å². The third-order valence-electron chi connectivity index (χ3n) is 5.36. The van der Waals surface area contributed by atoms with Gasteiger partial charge in [0.1, 0.15) is 4.83 Å². The number of hydrogen-bond donors (Lipinski definition) is 0. The predicted octanol–water partition coefficient (Wildman–Crippen LogP) is 1.44. The monoisotopic (exact) mass is 396 g/mol. The minimum Gasteiger partial charge on any atom is -0.339 e. The molecular weight excluding hydrogens is 372 g/mol. The van der Waals surface area contributed by atoms with Crippen LogP contribution in [0.5, 0.6) is 0 Å². The number of hydrogen-bond acceptors (Lipinski definition) is 6. The first kappa shape index (κ1) is 17.9. The Morgan fingerprint density at radius 1 is 1.12 bits per heavy atom. The second-order valence-electron chi connectivity index (χ2n) is 7.00. The average molecular weight is 397 g/mol. The molecule has 142 valence electrons. The average Bonchev–Trinajstić information content (AvgIpc) is 2.99. The van der Waals surface area contributed by atoms with Crippen molar-refractivity contribution in [2.24, 2.45) is 0 Å². The Morgan fingerprint density at radius 3 is 2.46 bits per heavy atom. The van der Waals surface area contributed by atoms with Gasteiger partial charge in [0.2, 0.25) is 16.0 Å². The van der Waals surface area contributed by atoms with Crippen molar-refractivity contribution in [2.45, 2.75) is 39.2 Å². The van der Waals surface area contributed by atoms with E-state index in [9.17, 15) is 13.2 Å². The normalized spacial score (nSPS) is 19.1. The first-order chi connectivity index (χ1) is 12.4. The van der Waals surface area contributed by atoms with Gasteiger partial charge in [-0.05, 0) is 38.2 Å². The van der Waals surface area contributed by atoms with Crippen LogP contribution in [0.15, 0.2) is 4.79 Å². The fourth-order valence-electron chi connectivity index (χ4n) is 3.97. The first-order valence-corrected chi connectivity index (χ1v) is 11.8. The van der Waals surface area contributed by atoms with Gasteiger partial charge in [-0.3, -0.25) is 9.36 Å². The minimum atomic E-state index is -3.17. The van der Waals surface area contributed by atoms with Crippen molar-refractivity contribution in [1.29, 1.82) is 0 Å². The van der Waals surface area contributed by atoms with Crippen LogP contribution in [-0.2, 0) is 29.4 Å². The van der Waals surface area contributed by atoms with E-state index in [1.807, 2.05) is 11.8 Å². The topological polar surface area (TPSA) is 75.5 Å². The lowest BCUT2D eigenvalue weighted by molar-refractivity contribution is 0.383. The molecule has 0 spiro atoms. The lowest BCUT2D eigenvalue weighted by Crippen LogP contribution is -2.50. The van der Waals surface area contributed by atoms with Crippen molar-refractivity contribution in [3.8, 4) is 0 Å². The van der Waals surface area contributed by atoms with Crippen molar-refractivity contribution in [3.63, 3.8) is 0 Å². The molecule has 3 heterocycles. The molecule has 0 amide bonds. The SMILES string of the molecule is CCn1c(N2CCN(S(C)(=O)=O)CC2)nc2sc3c(c2c1=O)CCCC3. The molecule has 0 N–H and O–H groups in total. The molecule has 1 aliphatic carbocycles. The number of thiophene rings is 1. The summed E-state index contributed by atoms with van der Waals surface area (Å²) >= 11 is 1.66. The molecule has 2 aromatic heterocycles. The van der Waals surface area contributed by atoms with Gasteiger partial charge in [-0.15, -0.1) is 11.3 Å². The van der Waals surface area contributed by atoms with Crippen LogP contribution in [-0.4, -0.2) is 54.7 Å². The lowest BCUT2D eigenvalue weighted by atomic mass is 9.97. The zero-order valence-electron chi connectivity index (χ0n) is 15.2. The Kier molecular flexibility index (Phi) is 4.56. The van der Waals surface area contributed by atoms with E-state index < -0.39 is 10.0 Å². The van der Waals surface area contributed by atoms with E-state index in [-0.39, 0.29) is 5.56 Å². The Labute approximate surface area is 157 Å². The first-order valence-electron chi connectivity index (χ1n) is 9.15. The van der Waals surface area contributed by atoms with Crippen molar-refractivity contribution in [1.82, 2.24) is 13.9 Å². The molecule has 0 bridgehead atoms. The van der Waals surface area contributed by atoms with Crippen LogP contribution in [0.25, 0.3) is 10.2 Å². The van der Waals surface area contributed by atoms with Crippen molar-refractivity contribution in [3.05, 3.63) is 20.8 Å². The highest BCUT2D eigenvalue weighted by Crippen LogP contribution is 2.34. The highest BCUT2D eigenvalue weighted by molar-refractivity contribution is 7.88. The zero-order valence-corrected chi connectivity index (χ0v) is 16.8. The summed E-state index contributed by atoms with van der Waals surface area (Å²) in [4.78, 5) is 22.2. The maximum absolute atomic E-state index is 13.2. The molecule has 0 radical (unpaired) electrons. The lowest BCUT2D eigenvalue weighted by Gasteiger charge is -2.34. The molecule has 9 heteroatoms. The fourth-order valence-corrected chi connectivity index (χ4v) is 6.05. The summed E-state index contributed by atoms with van der Waals surface area (Å²) in [5, 5.41) is 0.810. The summed E-state index contributed by atoms with van der Waals surface area (Å²) in [6.07, 6.45) is 5.58. The molecular formula is C17H24N4O3S2. The van der Waals surface area contributed by atoms with E-state index in [1.165, 1.54) is 27.4 Å². The zero-order chi connectivity index (χ0) is 18.5. The number of piperazine rings is 1. The van der Waals surface area contributed by atoms with E-state index in [4.69, 9.17) is 4.98 Å². The van der Waals surface area contributed by atoms with Gasteiger partial charge in [-0.2, -0.15) is 4.31 Å². The number of aryl methyl sites for hydroxylation is 2. The van der Waals surface area contributed by atoms with Gasteiger partial charge in [0.05, 0.1) is 11.6 Å². The molecule has 0 unspecified atom stereocenters. The van der Waals surface area contributed by atoms with E-state index in [0.29, 0.717) is 38.7 Å². The molecule has 1 aliphatic heterocycles. The standard InChI is InChI=1S/C17H24N4O3S2/c1-3-21-16(22)14-12-6-4-5-7-13(12)25-15(14)18-17(21)19-8-10-20(11-9-19)26(2,23)24/h3-11H2,1-2H3. The molecule has 0 saturated carbocycles. The van der Waals surface area contributed by atoms with Crippen molar-refractivity contribution >= 4 is 37.5 Å². The molecule has 26 heavy (non-hydrogen) atoms. The second kappa shape index (κ2) is 6.61. The van der Waals surface area contributed by atoms with Gasteiger partial charge in [-0.1, -0.05) is 0 Å². The van der Waals surface area contributed by atoms with E-state index in [0.717, 1.165) is 29.5 Å². The molecule has 0 aromatic carbocycles. The molecule has 4 rings (SSSR count). The quantitative estimate of drug-likeness (QED) is 0.785.